The number of ether oxygens (including phenoxy) is 1. The molecule has 0 aliphatic carbocycles. The van der Waals surface area contributed by atoms with Gasteiger partial charge in [-0.3, -0.25) is 0 Å². The minimum atomic E-state index is -1.88. The van der Waals surface area contributed by atoms with Crippen molar-refractivity contribution in [2.24, 2.45) is 5.41 Å². The van der Waals surface area contributed by atoms with E-state index >= 15 is 0 Å². The average molecular weight is 232 g/mol. The summed E-state index contributed by atoms with van der Waals surface area (Å²) in [5, 5.41) is 0. The van der Waals surface area contributed by atoms with Gasteiger partial charge in [-0.15, -0.1) is 0 Å². The summed E-state index contributed by atoms with van der Waals surface area (Å²) in [5.41, 5.74) is 0.527. The van der Waals surface area contributed by atoms with E-state index in [1.54, 1.807) is 19.2 Å². The van der Waals surface area contributed by atoms with Crippen molar-refractivity contribution in [2.45, 2.75) is 6.92 Å². The molecule has 0 N–H and O–H groups in total. The normalized spacial score (nSPS) is 35.4. The minimum Gasteiger partial charge on any atom is -0.538 e. The zero-order chi connectivity index (χ0) is 11.2. The first kappa shape index (κ1) is 13.1. The van der Waals surface area contributed by atoms with Crippen molar-refractivity contribution in [1.82, 2.24) is 0 Å². The van der Waals surface area contributed by atoms with Crippen LogP contribution in [0.15, 0.2) is 16.5 Å². The Labute approximate surface area is 112 Å². The Kier molecular flexibility index (Phi) is 3.36. The van der Waals surface area contributed by atoms with Crippen molar-refractivity contribution in [2.75, 3.05) is 26.9 Å². The molecule has 0 radical (unpaired) electrons. The maximum absolute atomic E-state index is 5.68. The van der Waals surface area contributed by atoms with Gasteiger partial charge in [0.15, 0.2) is 0 Å². The molecular weight excluding hydrogens is 218 g/mol. The molecule has 0 unspecified atom stereocenters. The molecule has 3 saturated heterocycles. The molecule has 17 heavy (non-hydrogen) atoms. The summed E-state index contributed by atoms with van der Waals surface area (Å²) in [7, 11) is 1.55. The number of fused-ring (bicyclic) bond motifs is 3. The van der Waals surface area contributed by atoms with Crippen molar-refractivity contribution in [3.63, 3.8) is 0 Å². The SMILES string of the molecule is COc1ccc([B-]23OCC(C)(CO2)CO3)o1.[Li+]. The third-order valence-electron chi connectivity index (χ3n) is 3.11. The van der Waals surface area contributed by atoms with Crippen LogP contribution in [-0.2, 0) is 14.0 Å². The smallest absolute Gasteiger partial charge is 0.538 e. The van der Waals surface area contributed by atoms with E-state index in [-0.39, 0.29) is 24.3 Å². The summed E-state index contributed by atoms with van der Waals surface area (Å²) >= 11 is 0. The fourth-order valence-corrected chi connectivity index (χ4v) is 2.08. The third-order valence-corrected chi connectivity index (χ3v) is 3.11. The molecule has 0 saturated carbocycles. The molecule has 2 bridgehead atoms. The molecule has 4 rings (SSSR count). The molecule has 0 spiro atoms. The number of methoxy groups -OCH3 is 1. The molecule has 7 heteroatoms. The quantitative estimate of drug-likeness (QED) is 0.528. The van der Waals surface area contributed by atoms with Crippen LogP contribution in [0.5, 0.6) is 5.95 Å². The maximum Gasteiger partial charge on any atom is 1.00 e. The third kappa shape index (κ3) is 2.05. The summed E-state index contributed by atoms with van der Waals surface area (Å²) in [6.07, 6.45) is 0. The van der Waals surface area contributed by atoms with Crippen LogP contribution in [0.25, 0.3) is 0 Å². The summed E-state index contributed by atoms with van der Waals surface area (Å²) < 4.78 is 27.5. The van der Waals surface area contributed by atoms with Gasteiger partial charge in [0.1, 0.15) is 0 Å². The predicted molar refractivity (Wildman–Crippen MR) is 56.6 cm³/mol. The van der Waals surface area contributed by atoms with E-state index < -0.39 is 6.75 Å². The number of hydrogen-bond donors (Lipinski definition) is 0. The first-order valence-electron chi connectivity index (χ1n) is 5.35. The van der Waals surface area contributed by atoms with Crippen LogP contribution in [0.1, 0.15) is 6.92 Å². The molecule has 1 aromatic heterocycles. The second-order valence-corrected chi connectivity index (χ2v) is 4.75. The van der Waals surface area contributed by atoms with Gasteiger partial charge in [0.25, 0.3) is 5.95 Å². The second kappa shape index (κ2) is 4.38. The predicted octanol–water partition coefficient (Wildman–Crippen LogP) is -2.48. The van der Waals surface area contributed by atoms with Gasteiger partial charge in [0, 0.05) is 37.0 Å². The van der Waals surface area contributed by atoms with Crippen LogP contribution in [0.4, 0.5) is 0 Å². The van der Waals surface area contributed by atoms with Crippen molar-refractivity contribution >= 4 is 12.4 Å². The van der Waals surface area contributed by atoms with Crippen LogP contribution >= 0.6 is 0 Å². The van der Waals surface area contributed by atoms with Crippen molar-refractivity contribution in [3.05, 3.63) is 12.1 Å². The first-order valence-corrected chi connectivity index (χ1v) is 5.35. The Balaban J connectivity index is 0.00000108. The largest absolute Gasteiger partial charge is 1.00 e. The molecule has 5 nitrogen and oxygen atoms in total. The molecule has 3 aliphatic heterocycles. The standard InChI is InChI=1S/C10H14BO5.Li/c1-10-5-13-11(14-6-10,15-7-10)8-3-4-9(12-2)16-8;/h3-4H,5-7H2,1-2H3;/q-1;+1. The van der Waals surface area contributed by atoms with Crippen molar-refractivity contribution < 1.29 is 42.0 Å². The van der Waals surface area contributed by atoms with Gasteiger partial charge in [-0.1, -0.05) is 6.92 Å². The fourth-order valence-electron chi connectivity index (χ4n) is 2.08. The van der Waals surface area contributed by atoms with Gasteiger partial charge in [-0.05, 0) is 6.07 Å². The fraction of sp³-hybridized carbons (Fsp3) is 0.600. The summed E-state index contributed by atoms with van der Waals surface area (Å²) in [5.74, 6) is 0.431. The van der Waals surface area contributed by atoms with E-state index in [1.807, 2.05) is 0 Å². The maximum atomic E-state index is 5.68. The molecular formula is C10H14BLiO5. The van der Waals surface area contributed by atoms with E-state index in [4.69, 9.17) is 23.1 Å². The van der Waals surface area contributed by atoms with Gasteiger partial charge < -0.3 is 23.1 Å². The Morgan fingerprint density at radius 1 is 1.18 bits per heavy atom. The molecule has 1 aromatic rings. The average Bonchev–Trinajstić information content (AvgIpc) is 2.80. The van der Waals surface area contributed by atoms with E-state index in [9.17, 15) is 0 Å². The topological polar surface area (TPSA) is 50.1 Å². The minimum absolute atomic E-state index is 0. The Hall–Kier alpha value is -0.378. The number of rotatable bonds is 2. The molecule has 0 amide bonds. The van der Waals surface area contributed by atoms with Crippen molar-refractivity contribution in [3.8, 4) is 5.95 Å². The summed E-state index contributed by atoms with van der Waals surface area (Å²) in [6, 6.07) is 3.50. The zero-order valence-corrected chi connectivity index (χ0v) is 10.4. The van der Waals surface area contributed by atoms with Crippen LogP contribution in [0, 0.1) is 5.41 Å². The van der Waals surface area contributed by atoms with E-state index in [0.717, 1.165) is 0 Å². The summed E-state index contributed by atoms with van der Waals surface area (Å²) in [4.78, 5) is 0. The molecule has 88 valence electrons. The monoisotopic (exact) mass is 232 g/mol. The van der Waals surface area contributed by atoms with Crippen LogP contribution in [0.3, 0.4) is 0 Å². The Morgan fingerprint density at radius 2 is 1.76 bits per heavy atom. The first-order chi connectivity index (χ1) is 7.66. The Bertz CT molecular complexity index is 383. The van der Waals surface area contributed by atoms with Gasteiger partial charge >= 0.3 is 25.6 Å². The zero-order valence-electron chi connectivity index (χ0n) is 10.4. The van der Waals surface area contributed by atoms with Crippen LogP contribution in [0.2, 0.25) is 0 Å². The Morgan fingerprint density at radius 3 is 2.24 bits per heavy atom. The van der Waals surface area contributed by atoms with Gasteiger partial charge in [-0.25, -0.2) is 0 Å². The van der Waals surface area contributed by atoms with Gasteiger partial charge in [0.2, 0.25) is 0 Å². The van der Waals surface area contributed by atoms with Crippen LogP contribution < -0.4 is 29.3 Å². The van der Waals surface area contributed by atoms with E-state index in [0.29, 0.717) is 31.4 Å². The van der Waals surface area contributed by atoms with E-state index in [1.165, 1.54) is 0 Å². The molecule has 4 heterocycles. The molecule has 3 fully saturated rings. The van der Waals surface area contributed by atoms with E-state index in [2.05, 4.69) is 6.92 Å². The second-order valence-electron chi connectivity index (χ2n) is 4.75. The van der Waals surface area contributed by atoms with Crippen molar-refractivity contribution in [1.29, 1.82) is 0 Å². The molecule has 0 atom stereocenters. The summed E-state index contributed by atoms with van der Waals surface area (Å²) in [6.45, 7) is 2.10. The van der Waals surface area contributed by atoms with Gasteiger partial charge in [-0.2, -0.15) is 0 Å². The van der Waals surface area contributed by atoms with Gasteiger partial charge in [0.05, 0.1) is 7.11 Å². The number of hydrogen-bond acceptors (Lipinski definition) is 5. The van der Waals surface area contributed by atoms with Crippen LogP contribution in [-0.4, -0.2) is 33.7 Å². The molecule has 0 aromatic carbocycles. The number of furan rings is 1. The molecule has 3 aliphatic rings.